The first kappa shape index (κ1) is 22.2. The number of aryl methyl sites for hydroxylation is 1. The van der Waals surface area contributed by atoms with Crippen molar-refractivity contribution in [3.8, 4) is 0 Å². The Balaban J connectivity index is 1.56. The van der Waals surface area contributed by atoms with Gasteiger partial charge in [-0.2, -0.15) is 4.31 Å². The van der Waals surface area contributed by atoms with Gasteiger partial charge in [0.05, 0.1) is 4.90 Å². The van der Waals surface area contributed by atoms with Crippen LogP contribution in [-0.2, 0) is 10.0 Å². The van der Waals surface area contributed by atoms with Crippen molar-refractivity contribution in [2.45, 2.75) is 57.3 Å². The van der Waals surface area contributed by atoms with E-state index in [1.54, 1.807) is 29.4 Å². The summed E-state index contributed by atoms with van der Waals surface area (Å²) >= 11 is 0. The summed E-state index contributed by atoms with van der Waals surface area (Å²) in [6.45, 7) is 9.11. The fraction of sp³-hybridized carbons (Fsp3) is 0.682. The fourth-order valence-corrected chi connectivity index (χ4v) is 5.92. The summed E-state index contributed by atoms with van der Waals surface area (Å²) in [7, 11) is -3.55. The molecule has 0 radical (unpaired) electrons. The predicted molar refractivity (Wildman–Crippen MR) is 116 cm³/mol. The molecular weight excluding hydrogens is 386 g/mol. The molecule has 1 N–H and O–H groups in total. The number of carbonyl (C=O) groups is 1. The van der Waals surface area contributed by atoms with Crippen molar-refractivity contribution >= 4 is 15.9 Å². The van der Waals surface area contributed by atoms with Crippen molar-refractivity contribution in [1.29, 1.82) is 0 Å². The van der Waals surface area contributed by atoms with Gasteiger partial charge in [-0.3, -0.25) is 4.79 Å². The molecule has 0 unspecified atom stereocenters. The summed E-state index contributed by atoms with van der Waals surface area (Å²) in [5.74, 6) is 0.621. The molecule has 2 saturated heterocycles. The van der Waals surface area contributed by atoms with E-state index in [2.05, 4.69) is 17.1 Å². The zero-order chi connectivity index (χ0) is 20.9. The van der Waals surface area contributed by atoms with Crippen LogP contribution in [-0.4, -0.2) is 62.8 Å². The normalized spacial score (nSPS) is 19.9. The zero-order valence-corrected chi connectivity index (χ0v) is 18.6. The van der Waals surface area contributed by atoms with Gasteiger partial charge in [-0.1, -0.05) is 19.4 Å². The molecule has 2 aliphatic rings. The molecule has 0 aromatic heterocycles. The molecule has 1 aromatic rings. The largest absolute Gasteiger partial charge is 0.352 e. The fourth-order valence-electron chi connectivity index (χ4n) is 4.16. The quantitative estimate of drug-likeness (QED) is 0.687. The molecule has 0 atom stereocenters. The highest BCUT2D eigenvalue weighted by Crippen LogP contribution is 2.24. The van der Waals surface area contributed by atoms with Crippen molar-refractivity contribution in [2.75, 3.05) is 39.3 Å². The average Bonchev–Trinajstić information content (AvgIpc) is 2.73. The van der Waals surface area contributed by atoms with Crippen LogP contribution in [0.3, 0.4) is 0 Å². The summed E-state index contributed by atoms with van der Waals surface area (Å²) in [4.78, 5) is 15.3. The molecule has 162 valence electrons. The van der Waals surface area contributed by atoms with Crippen LogP contribution < -0.4 is 5.32 Å². The lowest BCUT2D eigenvalue weighted by Gasteiger charge is -2.30. The first-order valence-electron chi connectivity index (χ1n) is 11.0. The van der Waals surface area contributed by atoms with E-state index in [4.69, 9.17) is 0 Å². The monoisotopic (exact) mass is 421 g/mol. The maximum Gasteiger partial charge on any atom is 0.251 e. The van der Waals surface area contributed by atoms with E-state index in [1.807, 2.05) is 0 Å². The molecule has 7 heteroatoms. The Bertz CT molecular complexity index is 796. The Morgan fingerprint density at radius 1 is 1.10 bits per heavy atom. The Labute approximate surface area is 175 Å². The van der Waals surface area contributed by atoms with Gasteiger partial charge >= 0.3 is 0 Å². The minimum Gasteiger partial charge on any atom is -0.352 e. The second-order valence-corrected chi connectivity index (χ2v) is 10.5. The van der Waals surface area contributed by atoms with Crippen LogP contribution in [0, 0.1) is 12.8 Å². The molecule has 29 heavy (non-hydrogen) atoms. The minimum absolute atomic E-state index is 0.202. The van der Waals surface area contributed by atoms with E-state index in [0.717, 1.165) is 51.2 Å². The van der Waals surface area contributed by atoms with Crippen LogP contribution in [0.25, 0.3) is 0 Å². The number of hydrogen-bond acceptors (Lipinski definition) is 4. The van der Waals surface area contributed by atoms with Crippen molar-refractivity contribution < 1.29 is 13.2 Å². The second-order valence-electron chi connectivity index (χ2n) is 8.58. The third-order valence-electron chi connectivity index (χ3n) is 6.20. The predicted octanol–water partition coefficient (Wildman–Crippen LogP) is 3.02. The Morgan fingerprint density at radius 3 is 2.48 bits per heavy atom. The average molecular weight is 422 g/mol. The van der Waals surface area contributed by atoms with Gasteiger partial charge in [0.25, 0.3) is 5.91 Å². The van der Waals surface area contributed by atoms with Gasteiger partial charge in [0, 0.05) is 25.2 Å². The van der Waals surface area contributed by atoms with Crippen molar-refractivity contribution in [3.63, 3.8) is 0 Å². The molecule has 6 nitrogen and oxygen atoms in total. The SMILES string of the molecule is Cc1ccc(C(=O)NCCCN2CCC(C)CC2)cc1S(=O)(=O)N1CCCCC1. The lowest BCUT2D eigenvalue weighted by Crippen LogP contribution is -2.36. The highest BCUT2D eigenvalue weighted by Gasteiger charge is 2.28. The van der Waals surface area contributed by atoms with Crippen molar-refractivity contribution in [3.05, 3.63) is 29.3 Å². The minimum atomic E-state index is -3.55. The smallest absolute Gasteiger partial charge is 0.251 e. The number of sulfonamides is 1. The van der Waals surface area contributed by atoms with Gasteiger partial charge in [-0.25, -0.2) is 8.42 Å². The van der Waals surface area contributed by atoms with E-state index in [9.17, 15) is 13.2 Å². The van der Waals surface area contributed by atoms with Crippen LogP contribution in [0.1, 0.15) is 61.4 Å². The number of rotatable bonds is 7. The lowest BCUT2D eigenvalue weighted by molar-refractivity contribution is 0.0950. The number of carbonyl (C=O) groups excluding carboxylic acids is 1. The molecule has 2 fully saturated rings. The molecule has 2 heterocycles. The third kappa shape index (κ3) is 5.80. The number of benzene rings is 1. The van der Waals surface area contributed by atoms with Crippen LogP contribution in [0.5, 0.6) is 0 Å². The number of nitrogens with zero attached hydrogens (tertiary/aromatic N) is 2. The van der Waals surface area contributed by atoms with E-state index in [0.29, 0.717) is 30.8 Å². The van der Waals surface area contributed by atoms with Crippen molar-refractivity contribution in [2.24, 2.45) is 5.92 Å². The topological polar surface area (TPSA) is 69.7 Å². The third-order valence-corrected chi connectivity index (χ3v) is 8.24. The highest BCUT2D eigenvalue weighted by atomic mass is 32.2. The van der Waals surface area contributed by atoms with E-state index in [1.165, 1.54) is 12.8 Å². The molecule has 2 aliphatic heterocycles. The summed E-state index contributed by atoms with van der Waals surface area (Å²) in [6.07, 6.45) is 6.28. The molecule has 0 aliphatic carbocycles. The standard InChI is InChI=1S/C22H35N3O3S/c1-18-9-15-24(16-10-18)12-6-11-23-22(26)20-8-7-19(2)21(17-20)29(27,28)25-13-4-3-5-14-25/h7-8,17-18H,3-6,9-16H2,1-2H3,(H,23,26). The molecule has 1 aromatic carbocycles. The Kier molecular flexibility index (Phi) is 7.71. The number of amides is 1. The van der Waals surface area contributed by atoms with Crippen LogP contribution in [0.2, 0.25) is 0 Å². The van der Waals surface area contributed by atoms with Gasteiger partial charge in [0.1, 0.15) is 0 Å². The van der Waals surface area contributed by atoms with Gasteiger partial charge in [0.15, 0.2) is 0 Å². The summed E-state index contributed by atoms with van der Waals surface area (Å²) in [5, 5.41) is 2.95. The molecule has 1 amide bonds. The second kappa shape index (κ2) is 10.0. The van der Waals surface area contributed by atoms with Crippen LogP contribution in [0.15, 0.2) is 23.1 Å². The van der Waals surface area contributed by atoms with E-state index >= 15 is 0 Å². The number of nitrogens with one attached hydrogen (secondary N) is 1. The van der Waals surface area contributed by atoms with Crippen LogP contribution in [0.4, 0.5) is 0 Å². The van der Waals surface area contributed by atoms with Gasteiger partial charge in [-0.15, -0.1) is 0 Å². The number of piperidine rings is 2. The summed E-state index contributed by atoms with van der Waals surface area (Å²) in [6, 6.07) is 4.99. The molecule has 0 bridgehead atoms. The van der Waals surface area contributed by atoms with E-state index < -0.39 is 10.0 Å². The summed E-state index contributed by atoms with van der Waals surface area (Å²) < 4.78 is 27.6. The molecule has 0 spiro atoms. The summed E-state index contributed by atoms with van der Waals surface area (Å²) in [5.41, 5.74) is 1.10. The molecule has 3 rings (SSSR count). The maximum atomic E-state index is 13.0. The maximum absolute atomic E-state index is 13.0. The first-order chi connectivity index (χ1) is 13.9. The lowest BCUT2D eigenvalue weighted by atomic mass is 9.99. The number of hydrogen-bond donors (Lipinski definition) is 1. The highest BCUT2D eigenvalue weighted by molar-refractivity contribution is 7.89. The first-order valence-corrected chi connectivity index (χ1v) is 12.4. The van der Waals surface area contributed by atoms with E-state index in [-0.39, 0.29) is 10.8 Å². The van der Waals surface area contributed by atoms with Gasteiger partial charge < -0.3 is 10.2 Å². The van der Waals surface area contributed by atoms with Crippen molar-refractivity contribution in [1.82, 2.24) is 14.5 Å². The molecular formula is C22H35N3O3S. The molecule has 0 saturated carbocycles. The van der Waals surface area contributed by atoms with Gasteiger partial charge in [0.2, 0.25) is 10.0 Å². The van der Waals surface area contributed by atoms with Gasteiger partial charge in [-0.05, 0) is 82.3 Å². The zero-order valence-electron chi connectivity index (χ0n) is 17.8. The Hall–Kier alpha value is -1.44. The number of likely N-dealkylation sites (tertiary alicyclic amines) is 1. The Morgan fingerprint density at radius 2 is 1.79 bits per heavy atom. The van der Waals surface area contributed by atoms with Crippen LogP contribution >= 0.6 is 0 Å².